The van der Waals surface area contributed by atoms with Crippen molar-refractivity contribution in [2.45, 2.75) is 0 Å². The lowest BCUT2D eigenvalue weighted by atomic mass is 10.4. The van der Waals surface area contributed by atoms with Crippen LogP contribution in [0.1, 0.15) is 4.88 Å². The zero-order valence-electron chi connectivity index (χ0n) is 8.67. The largest absolute Gasteiger partial charge is 0.378 e. The second-order valence-electron chi connectivity index (χ2n) is 3.40. The van der Waals surface area contributed by atoms with Crippen molar-refractivity contribution in [2.24, 2.45) is 0 Å². The van der Waals surface area contributed by atoms with Crippen molar-refractivity contribution >= 4 is 22.4 Å². The van der Waals surface area contributed by atoms with Crippen LogP contribution in [0.5, 0.6) is 0 Å². The van der Waals surface area contributed by atoms with E-state index in [9.17, 15) is 10.1 Å². The molecule has 5 nitrogen and oxygen atoms in total. The molecule has 16 heavy (non-hydrogen) atoms. The van der Waals surface area contributed by atoms with Crippen molar-refractivity contribution in [2.75, 3.05) is 26.3 Å². The number of nitrogens with zero attached hydrogens (tertiary/aromatic N) is 2. The Morgan fingerprint density at radius 3 is 2.81 bits per heavy atom. The van der Waals surface area contributed by atoms with Crippen molar-refractivity contribution in [1.29, 1.82) is 0 Å². The molecule has 2 rings (SSSR count). The summed E-state index contributed by atoms with van der Waals surface area (Å²) in [5.74, 6) is 0. The SMILES string of the molecule is O=[N+]([O-])c1ccc(/C=C/N2CCOCC2)s1. The van der Waals surface area contributed by atoms with Crippen LogP contribution in [-0.2, 0) is 4.74 Å². The maximum atomic E-state index is 10.5. The van der Waals surface area contributed by atoms with Crippen LogP contribution in [0, 0.1) is 10.1 Å². The van der Waals surface area contributed by atoms with Crippen LogP contribution in [0.25, 0.3) is 6.08 Å². The first-order chi connectivity index (χ1) is 7.75. The van der Waals surface area contributed by atoms with E-state index in [0.29, 0.717) is 0 Å². The predicted octanol–water partition coefficient (Wildman–Crippen LogP) is 1.96. The fraction of sp³-hybridized carbons (Fsp3) is 0.400. The van der Waals surface area contributed by atoms with Crippen molar-refractivity contribution in [3.8, 4) is 0 Å². The molecule has 0 aliphatic carbocycles. The van der Waals surface area contributed by atoms with Crippen molar-refractivity contribution < 1.29 is 9.66 Å². The quantitative estimate of drug-likeness (QED) is 0.598. The van der Waals surface area contributed by atoms with Crippen LogP contribution < -0.4 is 0 Å². The Kier molecular flexibility index (Phi) is 3.53. The summed E-state index contributed by atoms with van der Waals surface area (Å²) in [5.41, 5.74) is 0. The second-order valence-corrected chi connectivity index (χ2v) is 4.49. The van der Waals surface area contributed by atoms with E-state index in [-0.39, 0.29) is 9.92 Å². The van der Waals surface area contributed by atoms with Gasteiger partial charge in [0, 0.05) is 30.2 Å². The normalized spacial score (nSPS) is 16.9. The summed E-state index contributed by atoms with van der Waals surface area (Å²) in [4.78, 5) is 13.2. The highest BCUT2D eigenvalue weighted by Gasteiger charge is 2.09. The number of hydrogen-bond acceptors (Lipinski definition) is 5. The first-order valence-electron chi connectivity index (χ1n) is 5.00. The molecule has 1 aliphatic heterocycles. The third-order valence-electron chi connectivity index (χ3n) is 2.29. The molecule has 0 spiro atoms. The van der Waals surface area contributed by atoms with Gasteiger partial charge in [0.25, 0.3) is 0 Å². The van der Waals surface area contributed by atoms with Crippen molar-refractivity contribution in [3.63, 3.8) is 0 Å². The van der Waals surface area contributed by atoms with Gasteiger partial charge in [-0.05, 0) is 12.1 Å². The highest BCUT2D eigenvalue weighted by molar-refractivity contribution is 7.16. The van der Waals surface area contributed by atoms with Gasteiger partial charge in [-0.2, -0.15) is 0 Å². The summed E-state index contributed by atoms with van der Waals surface area (Å²) in [6, 6.07) is 3.30. The molecular formula is C10H12N2O3S. The average Bonchev–Trinajstić information content (AvgIpc) is 2.76. The Balaban J connectivity index is 1.96. The Bertz CT molecular complexity index is 397. The van der Waals surface area contributed by atoms with Gasteiger partial charge in [-0.1, -0.05) is 11.3 Å². The Morgan fingerprint density at radius 1 is 1.44 bits per heavy atom. The van der Waals surface area contributed by atoms with Crippen LogP contribution in [0.4, 0.5) is 5.00 Å². The van der Waals surface area contributed by atoms with Gasteiger partial charge < -0.3 is 9.64 Å². The summed E-state index contributed by atoms with van der Waals surface area (Å²) in [6.45, 7) is 3.25. The van der Waals surface area contributed by atoms with Crippen LogP contribution in [0.15, 0.2) is 18.3 Å². The number of nitro groups is 1. The molecule has 1 saturated heterocycles. The number of morpholine rings is 1. The monoisotopic (exact) mass is 240 g/mol. The van der Waals surface area contributed by atoms with Gasteiger partial charge in [0.1, 0.15) is 0 Å². The lowest BCUT2D eigenvalue weighted by Crippen LogP contribution is -2.31. The minimum Gasteiger partial charge on any atom is -0.378 e. The first kappa shape index (κ1) is 11.1. The molecule has 86 valence electrons. The summed E-state index contributed by atoms with van der Waals surface area (Å²) >= 11 is 1.19. The van der Waals surface area contributed by atoms with Crippen LogP contribution >= 0.6 is 11.3 Å². The van der Waals surface area contributed by atoms with Crippen LogP contribution in [0.2, 0.25) is 0 Å². The number of rotatable bonds is 3. The number of hydrogen-bond donors (Lipinski definition) is 0. The Hall–Kier alpha value is -1.40. The molecule has 0 aromatic carbocycles. The van der Waals surface area contributed by atoms with Gasteiger partial charge in [-0.15, -0.1) is 0 Å². The maximum absolute atomic E-state index is 10.5. The van der Waals surface area contributed by atoms with Gasteiger partial charge in [0.05, 0.1) is 18.1 Å². The number of thiophene rings is 1. The zero-order valence-corrected chi connectivity index (χ0v) is 9.48. The molecule has 2 heterocycles. The highest BCUT2D eigenvalue weighted by atomic mass is 32.1. The molecule has 1 aromatic rings. The van der Waals surface area contributed by atoms with Crippen molar-refractivity contribution in [1.82, 2.24) is 4.90 Å². The minimum atomic E-state index is -0.364. The van der Waals surface area contributed by atoms with E-state index < -0.39 is 0 Å². The van der Waals surface area contributed by atoms with Gasteiger partial charge in [-0.3, -0.25) is 10.1 Å². The van der Waals surface area contributed by atoms with E-state index in [2.05, 4.69) is 4.90 Å². The lowest BCUT2D eigenvalue weighted by molar-refractivity contribution is -0.380. The minimum absolute atomic E-state index is 0.182. The average molecular weight is 240 g/mol. The number of ether oxygens (including phenoxy) is 1. The molecule has 1 fully saturated rings. The summed E-state index contributed by atoms with van der Waals surface area (Å²) in [7, 11) is 0. The summed E-state index contributed by atoms with van der Waals surface area (Å²) in [6.07, 6.45) is 3.88. The Labute approximate surface area is 97.1 Å². The fourth-order valence-electron chi connectivity index (χ4n) is 1.44. The zero-order chi connectivity index (χ0) is 11.4. The van der Waals surface area contributed by atoms with E-state index in [1.807, 2.05) is 12.3 Å². The molecule has 1 aromatic heterocycles. The summed E-state index contributed by atoms with van der Waals surface area (Å²) in [5, 5.41) is 10.7. The van der Waals surface area contributed by atoms with Crippen LogP contribution in [-0.4, -0.2) is 36.1 Å². The Morgan fingerprint density at radius 2 is 2.19 bits per heavy atom. The predicted molar refractivity (Wildman–Crippen MR) is 62.4 cm³/mol. The van der Waals surface area contributed by atoms with Gasteiger partial charge in [0.15, 0.2) is 0 Å². The van der Waals surface area contributed by atoms with E-state index in [1.165, 1.54) is 17.4 Å². The molecule has 0 radical (unpaired) electrons. The fourth-order valence-corrected chi connectivity index (χ4v) is 2.15. The molecule has 0 N–H and O–H groups in total. The van der Waals surface area contributed by atoms with E-state index in [4.69, 9.17) is 4.74 Å². The van der Waals surface area contributed by atoms with Gasteiger partial charge >= 0.3 is 5.00 Å². The molecule has 0 amide bonds. The van der Waals surface area contributed by atoms with Crippen LogP contribution in [0.3, 0.4) is 0 Å². The smallest absolute Gasteiger partial charge is 0.324 e. The summed E-state index contributed by atoms with van der Waals surface area (Å²) < 4.78 is 5.23. The molecular weight excluding hydrogens is 228 g/mol. The third-order valence-corrected chi connectivity index (χ3v) is 3.29. The second kappa shape index (κ2) is 5.09. The van der Waals surface area contributed by atoms with E-state index >= 15 is 0 Å². The van der Waals surface area contributed by atoms with Crippen molar-refractivity contribution in [3.05, 3.63) is 33.3 Å². The molecule has 1 aliphatic rings. The first-order valence-corrected chi connectivity index (χ1v) is 5.81. The molecule has 0 saturated carbocycles. The van der Waals surface area contributed by atoms with E-state index in [0.717, 1.165) is 31.2 Å². The van der Waals surface area contributed by atoms with Gasteiger partial charge in [-0.25, -0.2) is 0 Å². The molecule has 0 bridgehead atoms. The third kappa shape index (κ3) is 2.80. The molecule has 0 atom stereocenters. The standard InChI is InChI=1S/C10H12N2O3S/c13-12(14)10-2-1-9(16-10)3-4-11-5-7-15-8-6-11/h1-4H,5-8H2/b4-3+. The van der Waals surface area contributed by atoms with Gasteiger partial charge in [0.2, 0.25) is 0 Å². The highest BCUT2D eigenvalue weighted by Crippen LogP contribution is 2.24. The topological polar surface area (TPSA) is 55.6 Å². The lowest BCUT2D eigenvalue weighted by Gasteiger charge is -2.24. The van der Waals surface area contributed by atoms with E-state index in [1.54, 1.807) is 6.07 Å². The molecule has 6 heteroatoms. The molecule has 0 unspecified atom stereocenters. The maximum Gasteiger partial charge on any atom is 0.324 e.